The van der Waals surface area contributed by atoms with Gasteiger partial charge in [-0.1, -0.05) is 0 Å². The van der Waals surface area contributed by atoms with Gasteiger partial charge in [0, 0.05) is 36.3 Å². The molecule has 2 amide bonds. The summed E-state index contributed by atoms with van der Waals surface area (Å²) in [5.74, 6) is -0.660. The van der Waals surface area contributed by atoms with E-state index in [9.17, 15) is 24.5 Å². The third-order valence-corrected chi connectivity index (χ3v) is 4.15. The third kappa shape index (κ3) is 5.29. The second-order valence-corrected chi connectivity index (χ2v) is 6.27. The van der Waals surface area contributed by atoms with E-state index in [1.54, 1.807) is 24.4 Å². The van der Waals surface area contributed by atoms with Gasteiger partial charge in [0.1, 0.15) is 12.3 Å². The molecule has 0 atom stereocenters. The fraction of sp³-hybridized carbons (Fsp3) is 0.100. The maximum absolute atomic E-state index is 12.3. The SMILES string of the molecule is COc1cc(NC(=O)Cn2cc([N+](=O)[O-])ccc2=O)ccc1NC(=O)c1cccnc1. The fourth-order valence-corrected chi connectivity index (χ4v) is 2.67. The number of carbonyl (C=O) groups excluding carboxylic acids is 2. The number of aromatic nitrogens is 2. The Hall–Kier alpha value is -4.54. The lowest BCUT2D eigenvalue weighted by Gasteiger charge is -2.13. The summed E-state index contributed by atoms with van der Waals surface area (Å²) in [6, 6.07) is 9.91. The highest BCUT2D eigenvalue weighted by molar-refractivity contribution is 6.05. The molecule has 0 aliphatic rings. The number of carbonyl (C=O) groups is 2. The van der Waals surface area contributed by atoms with Gasteiger partial charge >= 0.3 is 0 Å². The lowest BCUT2D eigenvalue weighted by atomic mass is 10.2. The monoisotopic (exact) mass is 423 g/mol. The van der Waals surface area contributed by atoms with Crippen LogP contribution in [0.5, 0.6) is 5.75 Å². The minimum Gasteiger partial charge on any atom is -0.494 e. The fourth-order valence-electron chi connectivity index (χ4n) is 2.67. The van der Waals surface area contributed by atoms with Gasteiger partial charge in [-0.2, -0.15) is 0 Å². The van der Waals surface area contributed by atoms with Crippen molar-refractivity contribution in [2.75, 3.05) is 17.7 Å². The molecule has 1 aromatic carbocycles. The van der Waals surface area contributed by atoms with Crippen LogP contribution in [0.2, 0.25) is 0 Å². The molecule has 158 valence electrons. The molecule has 31 heavy (non-hydrogen) atoms. The minimum absolute atomic E-state index is 0.294. The second kappa shape index (κ2) is 9.31. The average molecular weight is 423 g/mol. The third-order valence-electron chi connectivity index (χ3n) is 4.15. The van der Waals surface area contributed by atoms with Gasteiger partial charge < -0.3 is 15.4 Å². The smallest absolute Gasteiger partial charge is 0.285 e. The summed E-state index contributed by atoms with van der Waals surface area (Å²) in [5, 5.41) is 16.1. The highest BCUT2D eigenvalue weighted by Crippen LogP contribution is 2.28. The second-order valence-electron chi connectivity index (χ2n) is 6.27. The molecule has 0 fully saturated rings. The molecule has 0 bridgehead atoms. The van der Waals surface area contributed by atoms with Crippen LogP contribution in [0.25, 0.3) is 0 Å². The lowest BCUT2D eigenvalue weighted by molar-refractivity contribution is -0.385. The van der Waals surface area contributed by atoms with Gasteiger partial charge in [-0.15, -0.1) is 0 Å². The molecule has 2 heterocycles. The minimum atomic E-state index is -0.656. The van der Waals surface area contributed by atoms with Crippen molar-refractivity contribution in [3.63, 3.8) is 0 Å². The van der Waals surface area contributed by atoms with Crippen LogP contribution in [0.3, 0.4) is 0 Å². The van der Waals surface area contributed by atoms with Crippen molar-refractivity contribution in [2.45, 2.75) is 6.54 Å². The van der Waals surface area contributed by atoms with Crippen LogP contribution < -0.4 is 20.9 Å². The molecule has 3 rings (SSSR count). The molecule has 0 saturated carbocycles. The Labute approximate surface area is 175 Å². The van der Waals surface area contributed by atoms with Crippen LogP contribution in [0, 0.1) is 10.1 Å². The zero-order valence-corrected chi connectivity index (χ0v) is 16.3. The topological polar surface area (TPSA) is 145 Å². The van der Waals surface area contributed by atoms with Gasteiger partial charge in [-0.3, -0.25) is 34.0 Å². The lowest BCUT2D eigenvalue weighted by Crippen LogP contribution is -2.27. The summed E-state index contributed by atoms with van der Waals surface area (Å²) < 4.78 is 6.21. The number of pyridine rings is 2. The normalized spacial score (nSPS) is 10.2. The number of nitrogens with zero attached hydrogens (tertiary/aromatic N) is 3. The van der Waals surface area contributed by atoms with E-state index in [-0.39, 0.29) is 11.6 Å². The number of amides is 2. The number of rotatable bonds is 7. The summed E-state index contributed by atoms with van der Waals surface area (Å²) in [6.07, 6.45) is 3.97. The van der Waals surface area contributed by atoms with E-state index in [0.717, 1.165) is 22.9 Å². The van der Waals surface area contributed by atoms with Crippen LogP contribution in [-0.2, 0) is 11.3 Å². The number of hydrogen-bond acceptors (Lipinski definition) is 7. The number of nitro groups is 1. The van der Waals surface area contributed by atoms with Crippen molar-refractivity contribution < 1.29 is 19.2 Å². The molecular formula is C20H17N5O6. The Morgan fingerprint density at radius 3 is 2.68 bits per heavy atom. The summed E-state index contributed by atoms with van der Waals surface area (Å²) in [7, 11) is 1.41. The van der Waals surface area contributed by atoms with E-state index in [1.165, 1.54) is 25.4 Å². The number of anilines is 2. The number of benzene rings is 1. The number of nitrogens with one attached hydrogen (secondary N) is 2. The van der Waals surface area contributed by atoms with E-state index in [4.69, 9.17) is 4.74 Å². The zero-order valence-electron chi connectivity index (χ0n) is 16.3. The van der Waals surface area contributed by atoms with Crippen molar-refractivity contribution in [1.29, 1.82) is 0 Å². The van der Waals surface area contributed by atoms with Gasteiger partial charge in [-0.05, 0) is 24.3 Å². The maximum atomic E-state index is 12.3. The summed E-state index contributed by atoms with van der Waals surface area (Å²) in [6.45, 7) is -0.414. The predicted octanol–water partition coefficient (Wildman–Crippen LogP) is 2.05. The Morgan fingerprint density at radius 2 is 2.00 bits per heavy atom. The van der Waals surface area contributed by atoms with Crippen molar-refractivity contribution in [1.82, 2.24) is 9.55 Å². The highest BCUT2D eigenvalue weighted by Gasteiger charge is 2.13. The Bertz CT molecular complexity index is 1190. The summed E-state index contributed by atoms with van der Waals surface area (Å²) in [5.41, 5.74) is 0.239. The molecule has 0 aliphatic carbocycles. The Balaban J connectivity index is 1.72. The molecule has 3 aromatic rings. The van der Waals surface area contributed by atoms with Crippen LogP contribution in [0.1, 0.15) is 10.4 Å². The van der Waals surface area contributed by atoms with Gasteiger partial charge in [-0.25, -0.2) is 0 Å². The molecule has 0 saturated heterocycles. The molecule has 0 spiro atoms. The molecule has 0 radical (unpaired) electrons. The molecular weight excluding hydrogens is 406 g/mol. The van der Waals surface area contributed by atoms with Gasteiger partial charge in [0.25, 0.3) is 17.2 Å². The first-order valence-corrected chi connectivity index (χ1v) is 8.91. The molecule has 11 heteroatoms. The molecule has 11 nitrogen and oxygen atoms in total. The maximum Gasteiger partial charge on any atom is 0.285 e. The number of hydrogen-bond donors (Lipinski definition) is 2. The zero-order chi connectivity index (χ0) is 22.4. The van der Waals surface area contributed by atoms with Gasteiger partial charge in [0.2, 0.25) is 5.91 Å². The van der Waals surface area contributed by atoms with E-state index < -0.39 is 22.9 Å². The molecule has 2 aromatic heterocycles. The van der Waals surface area contributed by atoms with E-state index >= 15 is 0 Å². The van der Waals surface area contributed by atoms with Crippen molar-refractivity contribution >= 4 is 28.9 Å². The van der Waals surface area contributed by atoms with Crippen LogP contribution >= 0.6 is 0 Å². The molecule has 0 unspecified atom stereocenters. The van der Waals surface area contributed by atoms with Gasteiger partial charge in [0.05, 0.1) is 29.5 Å². The molecule has 0 aliphatic heterocycles. The van der Waals surface area contributed by atoms with Crippen molar-refractivity contribution in [3.05, 3.63) is 87.1 Å². The standard InChI is InChI=1S/C20H17N5O6/c1-31-17-9-14(4-6-16(17)23-20(28)13-3-2-8-21-10-13)22-18(26)12-24-11-15(25(29)30)5-7-19(24)27/h2-11H,12H2,1H3,(H,22,26)(H,23,28). The number of methoxy groups -OCH3 is 1. The van der Waals surface area contributed by atoms with E-state index in [1.807, 2.05) is 0 Å². The quantitative estimate of drug-likeness (QED) is 0.437. The first-order valence-electron chi connectivity index (χ1n) is 8.91. The van der Waals surface area contributed by atoms with E-state index in [2.05, 4.69) is 15.6 Å². The van der Waals surface area contributed by atoms with Crippen LogP contribution in [0.15, 0.2) is 65.8 Å². The Morgan fingerprint density at radius 1 is 1.19 bits per heavy atom. The van der Waals surface area contributed by atoms with Crippen molar-refractivity contribution in [2.24, 2.45) is 0 Å². The van der Waals surface area contributed by atoms with Crippen LogP contribution in [0.4, 0.5) is 17.1 Å². The Kier molecular flexibility index (Phi) is 6.36. The highest BCUT2D eigenvalue weighted by atomic mass is 16.6. The first kappa shape index (κ1) is 21.2. The van der Waals surface area contributed by atoms with Gasteiger partial charge in [0.15, 0.2) is 0 Å². The first-order chi connectivity index (χ1) is 14.9. The van der Waals surface area contributed by atoms with Crippen LogP contribution in [-0.4, -0.2) is 33.4 Å². The predicted molar refractivity (Wildman–Crippen MR) is 111 cm³/mol. The molecule has 2 N–H and O–H groups in total. The summed E-state index contributed by atoms with van der Waals surface area (Å²) in [4.78, 5) is 50.5. The number of ether oxygens (including phenoxy) is 1. The summed E-state index contributed by atoms with van der Waals surface area (Å²) >= 11 is 0. The average Bonchev–Trinajstić information content (AvgIpc) is 2.76. The van der Waals surface area contributed by atoms with Crippen molar-refractivity contribution in [3.8, 4) is 5.75 Å². The van der Waals surface area contributed by atoms with E-state index in [0.29, 0.717) is 22.7 Å². The largest absolute Gasteiger partial charge is 0.494 e.